The third-order valence-electron chi connectivity index (χ3n) is 1.55. The molecule has 1 rings (SSSR count). The first-order valence-electron chi connectivity index (χ1n) is 4.01. The van der Waals surface area contributed by atoms with E-state index in [2.05, 4.69) is 27.8 Å². The zero-order valence-corrected chi connectivity index (χ0v) is 9.95. The van der Waals surface area contributed by atoms with Crippen LogP contribution in [0.2, 0.25) is 0 Å². The minimum Gasteiger partial charge on any atom is -0.366 e. The molecule has 3 N–H and O–H groups in total. The molecular formula is C9H11BrN2OS. The van der Waals surface area contributed by atoms with Crippen molar-refractivity contribution in [2.45, 2.75) is 6.54 Å². The van der Waals surface area contributed by atoms with Gasteiger partial charge in [0.05, 0.1) is 5.56 Å². The van der Waals surface area contributed by atoms with E-state index in [1.54, 1.807) is 11.4 Å². The van der Waals surface area contributed by atoms with E-state index < -0.39 is 0 Å². The Labute approximate surface area is 95.1 Å². The summed E-state index contributed by atoms with van der Waals surface area (Å²) >= 11 is 4.77. The lowest BCUT2D eigenvalue weighted by Crippen LogP contribution is -2.13. The average molecular weight is 275 g/mol. The second-order valence-electron chi connectivity index (χ2n) is 2.79. The van der Waals surface area contributed by atoms with E-state index in [0.717, 1.165) is 15.9 Å². The number of nitrogens with two attached hydrogens (primary N) is 1. The quantitative estimate of drug-likeness (QED) is 0.861. The van der Waals surface area contributed by atoms with Crippen molar-refractivity contribution >= 4 is 33.2 Å². The Morgan fingerprint density at radius 3 is 2.93 bits per heavy atom. The normalized spacial score (nSPS) is 10.1. The number of hydrogen-bond donors (Lipinski definition) is 2. The van der Waals surface area contributed by atoms with Crippen LogP contribution in [0.4, 0.5) is 0 Å². The number of hydrogen-bond acceptors (Lipinski definition) is 3. The zero-order valence-electron chi connectivity index (χ0n) is 7.55. The summed E-state index contributed by atoms with van der Waals surface area (Å²) in [4.78, 5) is 11.9. The number of carbonyl (C=O) groups excluding carboxylic acids is 1. The Morgan fingerprint density at radius 1 is 1.71 bits per heavy atom. The molecule has 14 heavy (non-hydrogen) atoms. The van der Waals surface area contributed by atoms with E-state index in [1.807, 2.05) is 0 Å². The van der Waals surface area contributed by atoms with Crippen LogP contribution in [0, 0.1) is 0 Å². The molecule has 5 heteroatoms. The van der Waals surface area contributed by atoms with Crippen LogP contribution in [0.15, 0.2) is 22.5 Å². The van der Waals surface area contributed by atoms with E-state index in [0.29, 0.717) is 12.1 Å². The van der Waals surface area contributed by atoms with Gasteiger partial charge in [-0.3, -0.25) is 4.79 Å². The van der Waals surface area contributed by atoms with E-state index in [1.165, 1.54) is 11.3 Å². The highest BCUT2D eigenvalue weighted by Crippen LogP contribution is 2.13. The number of thiophene rings is 1. The van der Waals surface area contributed by atoms with Crippen LogP contribution >= 0.6 is 27.3 Å². The van der Waals surface area contributed by atoms with Crippen LogP contribution in [0.5, 0.6) is 0 Å². The van der Waals surface area contributed by atoms with Crippen LogP contribution in [0.1, 0.15) is 15.2 Å². The smallest absolute Gasteiger partial charge is 0.249 e. The van der Waals surface area contributed by atoms with E-state index >= 15 is 0 Å². The number of nitrogens with one attached hydrogen (secondary N) is 1. The molecule has 0 aromatic carbocycles. The molecule has 1 amide bonds. The largest absolute Gasteiger partial charge is 0.366 e. The van der Waals surface area contributed by atoms with Crippen molar-refractivity contribution in [3.8, 4) is 0 Å². The Bertz CT molecular complexity index is 348. The summed E-state index contributed by atoms with van der Waals surface area (Å²) < 4.78 is 0.907. The molecule has 0 bridgehead atoms. The van der Waals surface area contributed by atoms with Crippen LogP contribution in [0.3, 0.4) is 0 Å². The maximum absolute atomic E-state index is 10.8. The van der Waals surface area contributed by atoms with Crippen molar-refractivity contribution in [1.82, 2.24) is 5.32 Å². The molecule has 0 radical (unpaired) electrons. The van der Waals surface area contributed by atoms with Crippen molar-refractivity contribution in [2.75, 3.05) is 6.54 Å². The monoisotopic (exact) mass is 274 g/mol. The zero-order chi connectivity index (χ0) is 10.6. The summed E-state index contributed by atoms with van der Waals surface area (Å²) in [6.45, 7) is 5.14. The fourth-order valence-electron chi connectivity index (χ4n) is 0.924. The first kappa shape index (κ1) is 11.4. The van der Waals surface area contributed by atoms with Gasteiger partial charge in [-0.15, -0.1) is 11.3 Å². The van der Waals surface area contributed by atoms with Gasteiger partial charge in [-0.2, -0.15) is 0 Å². The lowest BCUT2D eigenvalue weighted by atomic mass is 10.3. The van der Waals surface area contributed by atoms with Gasteiger partial charge < -0.3 is 11.1 Å². The molecule has 1 heterocycles. The molecule has 0 spiro atoms. The number of carbonyl (C=O) groups is 1. The van der Waals surface area contributed by atoms with Gasteiger partial charge in [-0.25, -0.2) is 0 Å². The van der Waals surface area contributed by atoms with Crippen molar-refractivity contribution < 1.29 is 4.79 Å². The summed E-state index contributed by atoms with van der Waals surface area (Å²) in [5.74, 6) is -0.377. The van der Waals surface area contributed by atoms with Crippen LogP contribution in [-0.4, -0.2) is 12.5 Å². The summed E-state index contributed by atoms with van der Waals surface area (Å²) in [6, 6.07) is 1.80. The highest BCUT2D eigenvalue weighted by molar-refractivity contribution is 9.11. The molecule has 0 fully saturated rings. The highest BCUT2D eigenvalue weighted by Gasteiger charge is 2.03. The Morgan fingerprint density at radius 2 is 2.43 bits per heavy atom. The van der Waals surface area contributed by atoms with Gasteiger partial charge in [0.2, 0.25) is 5.91 Å². The SMILES string of the molecule is C=C(Br)CNCc1cc(C(N)=O)cs1. The predicted octanol–water partition coefficient (Wildman–Crippen LogP) is 1.85. The van der Waals surface area contributed by atoms with Crippen LogP contribution < -0.4 is 11.1 Å². The van der Waals surface area contributed by atoms with Crippen LogP contribution in [0.25, 0.3) is 0 Å². The van der Waals surface area contributed by atoms with Gasteiger partial charge in [0.25, 0.3) is 0 Å². The second kappa shape index (κ2) is 5.29. The van der Waals surface area contributed by atoms with Gasteiger partial charge in [-0.05, 0) is 6.07 Å². The topological polar surface area (TPSA) is 55.1 Å². The fraction of sp³-hybridized carbons (Fsp3) is 0.222. The minimum atomic E-state index is -0.377. The summed E-state index contributed by atoms with van der Waals surface area (Å²) in [7, 11) is 0. The molecule has 0 saturated carbocycles. The molecular weight excluding hydrogens is 264 g/mol. The van der Waals surface area contributed by atoms with Crippen molar-refractivity contribution in [3.63, 3.8) is 0 Å². The fourth-order valence-corrected chi connectivity index (χ4v) is 1.97. The van der Waals surface area contributed by atoms with E-state index in [9.17, 15) is 4.79 Å². The molecule has 3 nitrogen and oxygen atoms in total. The summed E-state index contributed by atoms with van der Waals surface area (Å²) in [6.07, 6.45) is 0. The average Bonchev–Trinajstić information content (AvgIpc) is 2.52. The molecule has 1 aromatic heterocycles. The van der Waals surface area contributed by atoms with Gasteiger partial charge in [-0.1, -0.05) is 22.5 Å². The maximum atomic E-state index is 10.8. The van der Waals surface area contributed by atoms with Gasteiger partial charge in [0.15, 0.2) is 0 Å². The Kier molecular flexibility index (Phi) is 4.31. The molecule has 1 aromatic rings. The third-order valence-corrected chi connectivity index (χ3v) is 2.77. The van der Waals surface area contributed by atoms with E-state index in [-0.39, 0.29) is 5.91 Å². The molecule has 0 aliphatic rings. The van der Waals surface area contributed by atoms with Gasteiger partial charge in [0, 0.05) is 27.8 Å². The molecule has 0 aliphatic carbocycles. The number of amides is 1. The number of halogens is 1. The van der Waals surface area contributed by atoms with Gasteiger partial charge >= 0.3 is 0 Å². The Balaban J connectivity index is 2.44. The van der Waals surface area contributed by atoms with Crippen molar-refractivity contribution in [1.29, 1.82) is 0 Å². The van der Waals surface area contributed by atoms with E-state index in [4.69, 9.17) is 5.73 Å². The highest BCUT2D eigenvalue weighted by atomic mass is 79.9. The molecule has 0 unspecified atom stereocenters. The number of rotatable bonds is 5. The third kappa shape index (κ3) is 3.61. The molecule has 0 aliphatic heterocycles. The maximum Gasteiger partial charge on any atom is 0.249 e. The molecule has 76 valence electrons. The summed E-state index contributed by atoms with van der Waals surface area (Å²) in [5.41, 5.74) is 5.70. The number of primary amides is 1. The molecule has 0 atom stereocenters. The first-order valence-corrected chi connectivity index (χ1v) is 5.68. The second-order valence-corrected chi connectivity index (χ2v) is 4.90. The predicted molar refractivity (Wildman–Crippen MR) is 62.6 cm³/mol. The first-order chi connectivity index (χ1) is 6.59. The van der Waals surface area contributed by atoms with Gasteiger partial charge in [0.1, 0.15) is 0 Å². The lowest BCUT2D eigenvalue weighted by molar-refractivity contribution is 0.100. The minimum absolute atomic E-state index is 0.377. The van der Waals surface area contributed by atoms with Crippen molar-refractivity contribution in [3.05, 3.63) is 32.9 Å². The summed E-state index contributed by atoms with van der Waals surface area (Å²) in [5, 5.41) is 4.93. The molecule has 0 saturated heterocycles. The lowest BCUT2D eigenvalue weighted by Gasteiger charge is -1.99. The van der Waals surface area contributed by atoms with Crippen LogP contribution in [-0.2, 0) is 6.54 Å². The Hall–Kier alpha value is -0.650. The van der Waals surface area contributed by atoms with Crippen molar-refractivity contribution in [2.24, 2.45) is 5.73 Å². The standard InChI is InChI=1S/C9H11BrN2OS/c1-6(10)3-12-4-8-2-7(5-14-8)9(11)13/h2,5,12H,1,3-4H2,(H2,11,13).